The lowest BCUT2D eigenvalue weighted by atomic mass is 9.78. The predicted octanol–water partition coefficient (Wildman–Crippen LogP) is 2.08. The van der Waals surface area contributed by atoms with Gasteiger partial charge in [0.05, 0.1) is 19.3 Å². The molecule has 15 heavy (non-hydrogen) atoms. The van der Waals surface area contributed by atoms with E-state index in [1.807, 2.05) is 0 Å². The number of fused-ring (bicyclic) bond motifs is 1. The van der Waals surface area contributed by atoms with Gasteiger partial charge in [-0.05, 0) is 24.7 Å². The van der Waals surface area contributed by atoms with E-state index < -0.39 is 5.79 Å². The highest BCUT2D eigenvalue weighted by Crippen LogP contribution is 2.53. The standard InChI is InChI=1S/C12H17NO2/c13-8-11-10-4-2-1-3-9(10)7-12(11)14-5-6-15-12/h9-11H,1-7H2/t9-,10-,11+/m1/s1. The van der Waals surface area contributed by atoms with Gasteiger partial charge in [0, 0.05) is 6.42 Å². The molecule has 0 unspecified atom stereocenters. The SMILES string of the molecule is N#C[C@H]1[C@@H]2CCCC[C@@H]2CC12OCCO2. The minimum absolute atomic E-state index is 0.0229. The van der Waals surface area contributed by atoms with Gasteiger partial charge in [0.1, 0.15) is 5.92 Å². The molecule has 1 spiro atoms. The Balaban J connectivity index is 1.88. The van der Waals surface area contributed by atoms with Gasteiger partial charge in [0.15, 0.2) is 5.79 Å². The summed E-state index contributed by atoms with van der Waals surface area (Å²) in [7, 11) is 0. The number of hydrogen-bond donors (Lipinski definition) is 0. The van der Waals surface area contributed by atoms with Crippen LogP contribution in [0.3, 0.4) is 0 Å². The quantitative estimate of drug-likeness (QED) is 0.610. The number of nitriles is 1. The van der Waals surface area contributed by atoms with E-state index in [2.05, 4.69) is 6.07 Å². The van der Waals surface area contributed by atoms with Crippen molar-refractivity contribution in [1.82, 2.24) is 0 Å². The molecule has 0 bridgehead atoms. The lowest BCUT2D eigenvalue weighted by molar-refractivity contribution is -0.173. The van der Waals surface area contributed by atoms with Gasteiger partial charge in [-0.2, -0.15) is 5.26 Å². The Labute approximate surface area is 90.4 Å². The molecule has 0 amide bonds. The molecular formula is C12H17NO2. The van der Waals surface area contributed by atoms with E-state index in [-0.39, 0.29) is 5.92 Å². The fourth-order valence-corrected chi connectivity index (χ4v) is 3.71. The normalized spacial score (nSPS) is 42.7. The molecule has 0 aromatic carbocycles. The summed E-state index contributed by atoms with van der Waals surface area (Å²) in [5, 5.41) is 9.32. The molecule has 3 nitrogen and oxygen atoms in total. The number of ether oxygens (including phenoxy) is 2. The Morgan fingerprint density at radius 2 is 1.87 bits per heavy atom. The van der Waals surface area contributed by atoms with Gasteiger partial charge in [-0.15, -0.1) is 0 Å². The Morgan fingerprint density at radius 1 is 1.13 bits per heavy atom. The first-order chi connectivity index (χ1) is 7.36. The largest absolute Gasteiger partial charge is 0.346 e. The molecule has 2 saturated carbocycles. The fraction of sp³-hybridized carbons (Fsp3) is 0.917. The highest BCUT2D eigenvalue weighted by molar-refractivity contribution is 5.08. The minimum atomic E-state index is -0.519. The first kappa shape index (κ1) is 9.62. The minimum Gasteiger partial charge on any atom is -0.346 e. The molecule has 2 aliphatic carbocycles. The highest BCUT2D eigenvalue weighted by Gasteiger charge is 2.57. The van der Waals surface area contributed by atoms with Crippen LogP contribution in [0.15, 0.2) is 0 Å². The third kappa shape index (κ3) is 1.32. The monoisotopic (exact) mass is 207 g/mol. The topological polar surface area (TPSA) is 42.2 Å². The summed E-state index contributed by atoms with van der Waals surface area (Å²) in [6, 6.07) is 2.45. The molecule has 1 saturated heterocycles. The van der Waals surface area contributed by atoms with Crippen molar-refractivity contribution in [3.8, 4) is 6.07 Å². The molecule has 3 aliphatic rings. The summed E-state index contributed by atoms with van der Waals surface area (Å²) in [5.41, 5.74) is 0. The molecule has 1 heterocycles. The molecule has 0 radical (unpaired) electrons. The summed E-state index contributed by atoms with van der Waals surface area (Å²) in [6.07, 6.45) is 6.00. The van der Waals surface area contributed by atoms with Crippen LogP contribution >= 0.6 is 0 Å². The number of hydrogen-bond acceptors (Lipinski definition) is 3. The average Bonchev–Trinajstić information content (AvgIpc) is 2.83. The first-order valence-corrected chi connectivity index (χ1v) is 6.03. The summed E-state index contributed by atoms with van der Waals surface area (Å²) in [6.45, 7) is 1.33. The average molecular weight is 207 g/mol. The third-order valence-corrected chi connectivity index (χ3v) is 4.33. The number of nitrogens with zero attached hydrogens (tertiary/aromatic N) is 1. The van der Waals surface area contributed by atoms with E-state index in [9.17, 15) is 5.26 Å². The maximum absolute atomic E-state index is 9.32. The van der Waals surface area contributed by atoms with Crippen LogP contribution in [0, 0.1) is 29.1 Å². The van der Waals surface area contributed by atoms with Gasteiger partial charge in [-0.25, -0.2) is 0 Å². The molecule has 0 aromatic rings. The van der Waals surface area contributed by atoms with Crippen LogP contribution in [0.1, 0.15) is 32.1 Å². The Kier molecular flexibility index (Phi) is 2.22. The van der Waals surface area contributed by atoms with E-state index in [1.54, 1.807) is 0 Å². The van der Waals surface area contributed by atoms with Crippen molar-refractivity contribution in [3.05, 3.63) is 0 Å². The molecule has 3 heteroatoms. The lowest BCUT2D eigenvalue weighted by Gasteiger charge is -2.28. The zero-order chi connectivity index (χ0) is 10.3. The van der Waals surface area contributed by atoms with E-state index in [1.165, 1.54) is 25.7 Å². The van der Waals surface area contributed by atoms with Gasteiger partial charge in [0.25, 0.3) is 0 Å². The first-order valence-electron chi connectivity index (χ1n) is 6.03. The Bertz CT molecular complexity index is 290. The molecule has 3 rings (SSSR count). The van der Waals surface area contributed by atoms with Crippen LogP contribution in [-0.2, 0) is 9.47 Å². The molecular weight excluding hydrogens is 190 g/mol. The highest BCUT2D eigenvalue weighted by atomic mass is 16.7. The maximum Gasteiger partial charge on any atom is 0.184 e. The summed E-state index contributed by atoms with van der Waals surface area (Å²) >= 11 is 0. The van der Waals surface area contributed by atoms with E-state index in [0.29, 0.717) is 25.0 Å². The van der Waals surface area contributed by atoms with Gasteiger partial charge in [-0.3, -0.25) is 0 Å². The smallest absolute Gasteiger partial charge is 0.184 e. The van der Waals surface area contributed by atoms with Crippen molar-refractivity contribution in [2.75, 3.05) is 13.2 Å². The zero-order valence-corrected chi connectivity index (χ0v) is 8.95. The van der Waals surface area contributed by atoms with Crippen LogP contribution in [-0.4, -0.2) is 19.0 Å². The Morgan fingerprint density at radius 3 is 2.60 bits per heavy atom. The van der Waals surface area contributed by atoms with Crippen molar-refractivity contribution in [2.45, 2.75) is 37.9 Å². The number of rotatable bonds is 0. The Hall–Kier alpha value is -0.590. The molecule has 3 atom stereocenters. The van der Waals surface area contributed by atoms with Gasteiger partial charge >= 0.3 is 0 Å². The van der Waals surface area contributed by atoms with Crippen molar-refractivity contribution in [3.63, 3.8) is 0 Å². The van der Waals surface area contributed by atoms with Crippen molar-refractivity contribution in [1.29, 1.82) is 5.26 Å². The molecule has 3 fully saturated rings. The molecule has 1 aliphatic heterocycles. The third-order valence-electron chi connectivity index (χ3n) is 4.33. The van der Waals surface area contributed by atoms with Crippen molar-refractivity contribution < 1.29 is 9.47 Å². The fourth-order valence-electron chi connectivity index (χ4n) is 3.71. The maximum atomic E-state index is 9.32. The second kappa shape index (κ2) is 3.47. The lowest BCUT2D eigenvalue weighted by Crippen LogP contribution is -2.35. The zero-order valence-electron chi connectivity index (χ0n) is 8.95. The van der Waals surface area contributed by atoms with Gasteiger partial charge in [0.2, 0.25) is 0 Å². The second-order valence-corrected chi connectivity index (χ2v) is 5.03. The van der Waals surface area contributed by atoms with Crippen LogP contribution < -0.4 is 0 Å². The van der Waals surface area contributed by atoms with Gasteiger partial charge in [-0.1, -0.05) is 12.8 Å². The molecule has 82 valence electrons. The van der Waals surface area contributed by atoms with E-state index in [4.69, 9.17) is 9.47 Å². The van der Waals surface area contributed by atoms with Crippen molar-refractivity contribution in [2.24, 2.45) is 17.8 Å². The van der Waals surface area contributed by atoms with E-state index in [0.717, 1.165) is 6.42 Å². The summed E-state index contributed by atoms with van der Waals surface area (Å²) < 4.78 is 11.5. The molecule has 0 N–H and O–H groups in total. The predicted molar refractivity (Wildman–Crippen MR) is 53.8 cm³/mol. The second-order valence-electron chi connectivity index (χ2n) is 5.03. The summed E-state index contributed by atoms with van der Waals surface area (Å²) in [4.78, 5) is 0. The van der Waals surface area contributed by atoms with E-state index >= 15 is 0 Å². The molecule has 0 aromatic heterocycles. The van der Waals surface area contributed by atoms with Crippen LogP contribution in [0.2, 0.25) is 0 Å². The summed E-state index contributed by atoms with van der Waals surface area (Å²) in [5.74, 6) is 0.655. The van der Waals surface area contributed by atoms with Crippen LogP contribution in [0.4, 0.5) is 0 Å². The van der Waals surface area contributed by atoms with Crippen LogP contribution in [0.25, 0.3) is 0 Å². The van der Waals surface area contributed by atoms with Crippen LogP contribution in [0.5, 0.6) is 0 Å². The van der Waals surface area contributed by atoms with Gasteiger partial charge < -0.3 is 9.47 Å². The van der Waals surface area contributed by atoms with Crippen molar-refractivity contribution >= 4 is 0 Å².